The number of carbonyl (C=O) groups excluding carboxylic acids is 2. The van der Waals surface area contributed by atoms with E-state index in [2.05, 4.69) is 15.5 Å². The number of amides is 1. The fraction of sp³-hybridized carbons (Fsp3) is 0.364. The van der Waals surface area contributed by atoms with Crippen molar-refractivity contribution in [3.63, 3.8) is 0 Å². The second-order valence-electron chi connectivity index (χ2n) is 7.36. The largest absolute Gasteiger partial charge is 0.483 e. The molecule has 1 atom stereocenters. The van der Waals surface area contributed by atoms with Crippen molar-refractivity contribution < 1.29 is 19.1 Å². The summed E-state index contributed by atoms with van der Waals surface area (Å²) in [5, 5.41) is 12.5. The summed E-state index contributed by atoms with van der Waals surface area (Å²) in [4.78, 5) is 26.0. The number of thiophene rings is 1. The van der Waals surface area contributed by atoms with Crippen LogP contribution in [0.5, 0.6) is 5.75 Å². The Morgan fingerprint density at radius 1 is 1.25 bits per heavy atom. The minimum absolute atomic E-state index is 0.142. The van der Waals surface area contributed by atoms with Crippen LogP contribution in [0.4, 0.5) is 5.00 Å². The number of rotatable bonds is 8. The molecule has 0 fully saturated rings. The van der Waals surface area contributed by atoms with E-state index in [9.17, 15) is 9.59 Å². The predicted molar refractivity (Wildman–Crippen MR) is 124 cm³/mol. The average molecular weight is 473 g/mol. The lowest BCUT2D eigenvalue weighted by Gasteiger charge is -2.14. The van der Waals surface area contributed by atoms with E-state index in [0.717, 1.165) is 35.5 Å². The van der Waals surface area contributed by atoms with Gasteiger partial charge >= 0.3 is 5.97 Å². The Labute approximate surface area is 194 Å². The fourth-order valence-corrected chi connectivity index (χ4v) is 5.68. The number of aromatic nitrogens is 3. The summed E-state index contributed by atoms with van der Waals surface area (Å²) in [6.07, 6.45) is 2.50. The van der Waals surface area contributed by atoms with E-state index in [1.807, 2.05) is 48.9 Å². The second-order valence-corrected chi connectivity index (χ2v) is 9.41. The molecule has 10 heteroatoms. The lowest BCUT2D eigenvalue weighted by atomic mass is 10.1. The molecule has 2 heterocycles. The maximum absolute atomic E-state index is 12.6. The van der Waals surface area contributed by atoms with Crippen molar-refractivity contribution in [3.05, 3.63) is 52.2 Å². The number of hydrogen-bond acceptors (Lipinski definition) is 8. The van der Waals surface area contributed by atoms with Gasteiger partial charge in [0.15, 0.2) is 17.1 Å². The topological polar surface area (TPSA) is 95.3 Å². The number of ether oxygens (including phenoxy) is 2. The molecule has 3 aromatic rings. The van der Waals surface area contributed by atoms with Gasteiger partial charge in [-0.1, -0.05) is 30.0 Å². The molecule has 168 valence electrons. The van der Waals surface area contributed by atoms with Gasteiger partial charge in [0.1, 0.15) is 10.8 Å². The molecule has 4 rings (SSSR count). The quantitative estimate of drug-likeness (QED) is 0.391. The Balaban J connectivity index is 1.39. The summed E-state index contributed by atoms with van der Waals surface area (Å²) in [5.41, 5.74) is 1.51. The molecule has 1 aliphatic carbocycles. The molecule has 1 N–H and O–H groups in total. The zero-order chi connectivity index (χ0) is 22.7. The van der Waals surface area contributed by atoms with E-state index in [4.69, 9.17) is 9.47 Å². The minimum atomic E-state index is -0.405. The molecule has 1 amide bonds. The molecule has 1 aromatic carbocycles. The number of thioether (sulfide) groups is 1. The molecule has 1 unspecified atom stereocenters. The van der Waals surface area contributed by atoms with Crippen LogP contribution in [0.15, 0.2) is 35.5 Å². The first-order chi connectivity index (χ1) is 15.5. The number of anilines is 1. The molecule has 32 heavy (non-hydrogen) atoms. The molecule has 0 bridgehead atoms. The number of benzene rings is 1. The zero-order valence-electron chi connectivity index (χ0n) is 18.1. The molecular formula is C22H24N4O4S2. The molecule has 0 saturated carbocycles. The zero-order valence-corrected chi connectivity index (χ0v) is 19.7. The number of nitrogens with zero attached hydrogens (tertiary/aromatic N) is 3. The monoisotopic (exact) mass is 472 g/mol. The number of para-hydroxylation sites is 1. The maximum Gasteiger partial charge on any atom is 0.341 e. The van der Waals surface area contributed by atoms with Crippen LogP contribution < -0.4 is 10.1 Å². The Kier molecular flexibility index (Phi) is 6.80. The minimum Gasteiger partial charge on any atom is -0.483 e. The third-order valence-corrected chi connectivity index (χ3v) is 7.41. The van der Waals surface area contributed by atoms with Crippen molar-refractivity contribution in [2.24, 2.45) is 7.05 Å². The van der Waals surface area contributed by atoms with E-state index in [1.165, 1.54) is 30.2 Å². The van der Waals surface area contributed by atoms with Crippen LogP contribution in [-0.4, -0.2) is 39.5 Å². The van der Waals surface area contributed by atoms with Crippen molar-refractivity contribution in [2.75, 3.05) is 18.2 Å². The van der Waals surface area contributed by atoms with Gasteiger partial charge in [0.25, 0.3) is 0 Å². The highest BCUT2D eigenvalue weighted by molar-refractivity contribution is 7.99. The second kappa shape index (κ2) is 9.74. The lowest BCUT2D eigenvalue weighted by molar-refractivity contribution is -0.113. The van der Waals surface area contributed by atoms with E-state index >= 15 is 0 Å². The number of hydrogen-bond donors (Lipinski definition) is 1. The smallest absolute Gasteiger partial charge is 0.341 e. The highest BCUT2D eigenvalue weighted by Crippen LogP contribution is 2.39. The first-order valence-electron chi connectivity index (χ1n) is 10.2. The first-order valence-corrected chi connectivity index (χ1v) is 12.0. The van der Waals surface area contributed by atoms with Crippen LogP contribution in [0.1, 0.15) is 46.1 Å². The Morgan fingerprint density at radius 2 is 2.03 bits per heavy atom. The van der Waals surface area contributed by atoms with Crippen LogP contribution in [0, 0.1) is 0 Å². The van der Waals surface area contributed by atoms with E-state index in [0.29, 0.717) is 21.5 Å². The van der Waals surface area contributed by atoms with Crippen molar-refractivity contribution in [1.82, 2.24) is 14.8 Å². The fourth-order valence-electron chi connectivity index (χ4n) is 3.66. The van der Waals surface area contributed by atoms with E-state index in [1.54, 1.807) is 0 Å². The van der Waals surface area contributed by atoms with Crippen molar-refractivity contribution >= 4 is 40.0 Å². The molecule has 0 spiro atoms. The highest BCUT2D eigenvalue weighted by atomic mass is 32.2. The molecule has 2 aromatic heterocycles. The van der Waals surface area contributed by atoms with Crippen LogP contribution >= 0.6 is 23.1 Å². The number of methoxy groups -OCH3 is 1. The Morgan fingerprint density at radius 3 is 2.78 bits per heavy atom. The van der Waals surface area contributed by atoms with Gasteiger partial charge in [-0.3, -0.25) is 4.79 Å². The summed E-state index contributed by atoms with van der Waals surface area (Å²) in [6.45, 7) is 1.91. The van der Waals surface area contributed by atoms with Gasteiger partial charge in [0, 0.05) is 11.9 Å². The van der Waals surface area contributed by atoms with Gasteiger partial charge in [-0.2, -0.15) is 0 Å². The third-order valence-electron chi connectivity index (χ3n) is 5.18. The lowest BCUT2D eigenvalue weighted by Crippen LogP contribution is -2.16. The van der Waals surface area contributed by atoms with Crippen LogP contribution in [0.3, 0.4) is 0 Å². The van der Waals surface area contributed by atoms with Crippen LogP contribution in [0.2, 0.25) is 0 Å². The van der Waals surface area contributed by atoms with Gasteiger partial charge in [-0.25, -0.2) is 4.79 Å². The van der Waals surface area contributed by atoms with Crippen molar-refractivity contribution in [3.8, 4) is 5.75 Å². The van der Waals surface area contributed by atoms with E-state index in [-0.39, 0.29) is 17.8 Å². The molecule has 0 saturated heterocycles. The predicted octanol–water partition coefficient (Wildman–Crippen LogP) is 4.02. The van der Waals surface area contributed by atoms with Crippen LogP contribution in [0.25, 0.3) is 0 Å². The van der Waals surface area contributed by atoms with Gasteiger partial charge in [-0.05, 0) is 43.9 Å². The van der Waals surface area contributed by atoms with Gasteiger partial charge in [0.05, 0.1) is 18.4 Å². The average Bonchev–Trinajstić information content (AvgIpc) is 3.47. The molecule has 1 aliphatic rings. The third kappa shape index (κ3) is 4.66. The summed E-state index contributed by atoms with van der Waals surface area (Å²) in [6, 6.07) is 9.52. The summed E-state index contributed by atoms with van der Waals surface area (Å²) >= 11 is 2.74. The molecule has 0 aliphatic heterocycles. The van der Waals surface area contributed by atoms with Crippen LogP contribution in [-0.2, 0) is 29.4 Å². The van der Waals surface area contributed by atoms with E-state index < -0.39 is 5.97 Å². The Bertz CT molecular complexity index is 1130. The molecule has 0 radical (unpaired) electrons. The highest BCUT2D eigenvalue weighted by Gasteiger charge is 2.28. The standard InChI is InChI=1S/C22H24N4O4S2/c1-13(30-14-8-5-4-6-9-14)19-24-25-22(26(19)2)31-12-17(27)23-20-18(21(28)29-3)15-10-7-11-16(15)32-20/h4-6,8-9,13H,7,10-12H2,1-3H3,(H,23,27). The maximum atomic E-state index is 12.6. The number of fused-ring (bicyclic) bond motifs is 1. The first kappa shape index (κ1) is 22.3. The number of aryl methyl sites for hydroxylation is 1. The van der Waals surface area contributed by atoms with Gasteiger partial charge in [-0.15, -0.1) is 21.5 Å². The molecular weight excluding hydrogens is 448 g/mol. The van der Waals surface area contributed by atoms with Gasteiger partial charge in [0.2, 0.25) is 5.91 Å². The van der Waals surface area contributed by atoms with Gasteiger partial charge < -0.3 is 19.4 Å². The number of carbonyl (C=O) groups is 2. The normalized spacial score (nSPS) is 13.5. The SMILES string of the molecule is COC(=O)c1c(NC(=O)CSc2nnc(C(C)Oc3ccccc3)n2C)sc2c1CCC2. The van der Waals surface area contributed by atoms with Crippen molar-refractivity contribution in [1.29, 1.82) is 0 Å². The Hall–Kier alpha value is -2.85. The molecule has 8 nitrogen and oxygen atoms in total. The number of esters is 1. The summed E-state index contributed by atoms with van der Waals surface area (Å²) in [7, 11) is 3.20. The summed E-state index contributed by atoms with van der Waals surface area (Å²) in [5.74, 6) is 0.944. The number of nitrogens with one attached hydrogen (secondary N) is 1. The summed E-state index contributed by atoms with van der Waals surface area (Å²) < 4.78 is 12.7. The van der Waals surface area contributed by atoms with Crippen molar-refractivity contribution in [2.45, 2.75) is 37.4 Å².